The second kappa shape index (κ2) is 6.75. The Morgan fingerprint density at radius 2 is 2.00 bits per heavy atom. The monoisotopic (exact) mass is 258 g/mol. The molecule has 2 rings (SSSR count). The van der Waals surface area contributed by atoms with Gasteiger partial charge >= 0.3 is 0 Å². The number of benzene rings is 1. The van der Waals surface area contributed by atoms with Crippen LogP contribution < -0.4 is 5.32 Å². The normalized spacial score (nSPS) is 10.6. The summed E-state index contributed by atoms with van der Waals surface area (Å²) in [6.07, 6.45) is 1.64. The number of carbonyl (C=O) groups is 1. The van der Waals surface area contributed by atoms with Crippen molar-refractivity contribution in [1.82, 2.24) is 10.2 Å². The van der Waals surface area contributed by atoms with E-state index in [4.69, 9.17) is 4.42 Å². The zero-order chi connectivity index (χ0) is 13.5. The third kappa shape index (κ3) is 4.60. The maximum Gasteiger partial charge on any atom is 0.234 e. The third-order valence-electron chi connectivity index (χ3n) is 2.75. The fraction of sp³-hybridized carbons (Fsp3) is 0.267. The van der Waals surface area contributed by atoms with Gasteiger partial charge in [-0.2, -0.15) is 0 Å². The van der Waals surface area contributed by atoms with Crippen LogP contribution in [0, 0.1) is 0 Å². The summed E-state index contributed by atoms with van der Waals surface area (Å²) in [5.74, 6) is 0.872. The van der Waals surface area contributed by atoms with Crippen LogP contribution in [-0.4, -0.2) is 24.4 Å². The molecular weight excluding hydrogens is 240 g/mol. The number of carbonyl (C=O) groups excluding carboxylic acids is 1. The van der Waals surface area contributed by atoms with Crippen molar-refractivity contribution in [2.75, 3.05) is 13.6 Å². The summed E-state index contributed by atoms with van der Waals surface area (Å²) < 4.78 is 5.24. The average molecular weight is 258 g/mol. The molecule has 0 aliphatic heterocycles. The first-order chi connectivity index (χ1) is 9.24. The molecule has 0 radical (unpaired) electrons. The van der Waals surface area contributed by atoms with Gasteiger partial charge in [0.2, 0.25) is 5.91 Å². The second-order valence-electron chi connectivity index (χ2n) is 4.51. The predicted octanol–water partition coefficient (Wildman–Crippen LogP) is 2.03. The number of nitrogens with zero attached hydrogens (tertiary/aromatic N) is 1. The van der Waals surface area contributed by atoms with Crippen LogP contribution in [-0.2, 0) is 17.9 Å². The molecule has 0 unspecified atom stereocenters. The maximum absolute atomic E-state index is 11.8. The van der Waals surface area contributed by atoms with E-state index in [2.05, 4.69) is 5.32 Å². The average Bonchev–Trinajstić information content (AvgIpc) is 2.90. The molecule has 4 nitrogen and oxygen atoms in total. The Bertz CT molecular complexity index is 494. The largest absolute Gasteiger partial charge is 0.468 e. The lowest BCUT2D eigenvalue weighted by molar-refractivity contribution is -0.122. The molecule has 100 valence electrons. The number of furan rings is 1. The van der Waals surface area contributed by atoms with Gasteiger partial charge in [0.15, 0.2) is 0 Å². The first kappa shape index (κ1) is 13.4. The minimum Gasteiger partial charge on any atom is -0.468 e. The van der Waals surface area contributed by atoms with E-state index < -0.39 is 0 Å². The molecule has 0 aliphatic carbocycles. The summed E-state index contributed by atoms with van der Waals surface area (Å²) in [6, 6.07) is 13.6. The highest BCUT2D eigenvalue weighted by molar-refractivity contribution is 5.77. The van der Waals surface area contributed by atoms with Gasteiger partial charge < -0.3 is 9.73 Å². The Labute approximate surface area is 113 Å². The molecule has 0 saturated heterocycles. The highest BCUT2D eigenvalue weighted by Crippen LogP contribution is 2.03. The molecule has 0 bridgehead atoms. The second-order valence-corrected chi connectivity index (χ2v) is 4.51. The van der Waals surface area contributed by atoms with Gasteiger partial charge in [-0.1, -0.05) is 30.3 Å². The fourth-order valence-corrected chi connectivity index (χ4v) is 1.82. The molecule has 0 aliphatic rings. The van der Waals surface area contributed by atoms with Crippen LogP contribution in [0.3, 0.4) is 0 Å². The van der Waals surface area contributed by atoms with E-state index in [-0.39, 0.29) is 5.91 Å². The number of amides is 1. The fourth-order valence-electron chi connectivity index (χ4n) is 1.82. The number of nitrogens with one attached hydrogen (secondary N) is 1. The summed E-state index contributed by atoms with van der Waals surface area (Å²) in [4.78, 5) is 13.7. The predicted molar refractivity (Wildman–Crippen MR) is 73.3 cm³/mol. The summed E-state index contributed by atoms with van der Waals surface area (Å²) in [5, 5.41) is 2.90. The van der Waals surface area contributed by atoms with Crippen LogP contribution in [0.1, 0.15) is 11.3 Å². The molecule has 1 aromatic heterocycles. The van der Waals surface area contributed by atoms with Crippen molar-refractivity contribution < 1.29 is 9.21 Å². The van der Waals surface area contributed by atoms with Crippen molar-refractivity contribution in [3.63, 3.8) is 0 Å². The molecule has 2 aromatic rings. The highest BCUT2D eigenvalue weighted by atomic mass is 16.3. The van der Waals surface area contributed by atoms with E-state index in [9.17, 15) is 4.79 Å². The van der Waals surface area contributed by atoms with Crippen molar-refractivity contribution in [2.45, 2.75) is 13.1 Å². The molecule has 1 heterocycles. The van der Waals surface area contributed by atoms with Crippen LogP contribution in [0.4, 0.5) is 0 Å². The molecule has 0 atom stereocenters. The minimum absolute atomic E-state index is 0.0120. The lowest BCUT2D eigenvalue weighted by atomic mass is 10.2. The molecule has 0 spiro atoms. The standard InChI is InChI=1S/C15H18N2O2/c1-17(11-14-8-5-9-19-14)12-15(18)16-10-13-6-3-2-4-7-13/h2-9H,10-12H2,1H3,(H,16,18). The summed E-state index contributed by atoms with van der Waals surface area (Å²) in [7, 11) is 1.89. The van der Waals surface area contributed by atoms with Crippen LogP contribution in [0.2, 0.25) is 0 Å². The number of hydrogen-bond acceptors (Lipinski definition) is 3. The van der Waals surface area contributed by atoms with Crippen LogP contribution in [0.5, 0.6) is 0 Å². The van der Waals surface area contributed by atoms with Gasteiger partial charge in [0.25, 0.3) is 0 Å². The van der Waals surface area contributed by atoms with Crippen molar-refractivity contribution in [1.29, 1.82) is 0 Å². The first-order valence-corrected chi connectivity index (χ1v) is 6.25. The molecule has 4 heteroatoms. The first-order valence-electron chi connectivity index (χ1n) is 6.25. The van der Waals surface area contributed by atoms with E-state index >= 15 is 0 Å². The van der Waals surface area contributed by atoms with E-state index in [1.54, 1.807) is 6.26 Å². The van der Waals surface area contributed by atoms with Gasteiger partial charge in [-0.05, 0) is 24.7 Å². The van der Waals surface area contributed by atoms with Crippen molar-refractivity contribution >= 4 is 5.91 Å². The van der Waals surface area contributed by atoms with Crippen LogP contribution in [0.15, 0.2) is 53.1 Å². The summed E-state index contributed by atoms with van der Waals surface area (Å²) in [6.45, 7) is 1.55. The molecule has 0 saturated carbocycles. The van der Waals surface area contributed by atoms with Gasteiger partial charge in [-0.25, -0.2) is 0 Å². The van der Waals surface area contributed by atoms with Crippen molar-refractivity contribution in [3.05, 3.63) is 60.1 Å². The van der Waals surface area contributed by atoms with E-state index in [0.29, 0.717) is 19.6 Å². The van der Waals surface area contributed by atoms with Crippen molar-refractivity contribution in [2.24, 2.45) is 0 Å². The SMILES string of the molecule is CN(CC(=O)NCc1ccccc1)Cc1ccco1. The zero-order valence-electron chi connectivity index (χ0n) is 11.0. The van der Waals surface area contributed by atoms with Gasteiger partial charge in [0.1, 0.15) is 5.76 Å². The lowest BCUT2D eigenvalue weighted by Gasteiger charge is -2.14. The summed E-state index contributed by atoms with van der Waals surface area (Å²) >= 11 is 0. The Morgan fingerprint density at radius 3 is 2.68 bits per heavy atom. The molecule has 0 fully saturated rings. The molecule has 1 aromatic carbocycles. The summed E-state index contributed by atoms with van der Waals surface area (Å²) in [5.41, 5.74) is 1.10. The van der Waals surface area contributed by atoms with E-state index in [0.717, 1.165) is 11.3 Å². The lowest BCUT2D eigenvalue weighted by Crippen LogP contribution is -2.34. The Balaban J connectivity index is 1.72. The van der Waals surface area contributed by atoms with Crippen LogP contribution in [0.25, 0.3) is 0 Å². The van der Waals surface area contributed by atoms with E-state index in [1.165, 1.54) is 0 Å². The van der Waals surface area contributed by atoms with Crippen molar-refractivity contribution in [3.8, 4) is 0 Å². The van der Waals surface area contributed by atoms with E-state index in [1.807, 2.05) is 54.4 Å². The highest BCUT2D eigenvalue weighted by Gasteiger charge is 2.08. The van der Waals surface area contributed by atoms with Crippen LogP contribution >= 0.6 is 0 Å². The minimum atomic E-state index is 0.0120. The molecule has 19 heavy (non-hydrogen) atoms. The molecule has 1 amide bonds. The number of rotatable bonds is 6. The van der Waals surface area contributed by atoms with Gasteiger partial charge in [-0.15, -0.1) is 0 Å². The Kier molecular flexibility index (Phi) is 4.75. The Hall–Kier alpha value is -2.07. The third-order valence-corrected chi connectivity index (χ3v) is 2.75. The topological polar surface area (TPSA) is 45.5 Å². The van der Waals surface area contributed by atoms with Gasteiger partial charge in [0.05, 0.1) is 19.4 Å². The number of likely N-dealkylation sites (N-methyl/N-ethyl adjacent to an activating group) is 1. The van der Waals surface area contributed by atoms with Gasteiger partial charge in [-0.3, -0.25) is 9.69 Å². The Morgan fingerprint density at radius 1 is 1.21 bits per heavy atom. The zero-order valence-corrected chi connectivity index (χ0v) is 11.0. The smallest absolute Gasteiger partial charge is 0.234 e. The van der Waals surface area contributed by atoms with Gasteiger partial charge in [0, 0.05) is 6.54 Å². The number of hydrogen-bond donors (Lipinski definition) is 1. The quantitative estimate of drug-likeness (QED) is 0.862. The molecule has 1 N–H and O–H groups in total. The maximum atomic E-state index is 11.8. The molecular formula is C15H18N2O2.